The van der Waals surface area contributed by atoms with Crippen LogP contribution in [0.1, 0.15) is 30.1 Å². The number of carbonyl (C=O) groups excluding carboxylic acids is 1. The number of benzene rings is 1. The molecule has 2 rings (SSSR count). The van der Waals surface area contributed by atoms with Gasteiger partial charge in [0.2, 0.25) is 0 Å². The van der Waals surface area contributed by atoms with E-state index in [-0.39, 0.29) is 5.91 Å². The van der Waals surface area contributed by atoms with Crippen molar-refractivity contribution in [3.8, 4) is 0 Å². The van der Waals surface area contributed by atoms with Crippen LogP contribution in [0.15, 0.2) is 22.7 Å². The fourth-order valence-corrected chi connectivity index (χ4v) is 3.20. The summed E-state index contributed by atoms with van der Waals surface area (Å²) < 4.78 is 0.694. The number of nitrogens with zero attached hydrogens (tertiary/aromatic N) is 1. The van der Waals surface area contributed by atoms with Crippen molar-refractivity contribution in [2.45, 2.75) is 25.3 Å². The molecule has 6 heteroatoms. The monoisotopic (exact) mass is 345 g/mol. The van der Waals surface area contributed by atoms with Crippen molar-refractivity contribution in [1.29, 1.82) is 0 Å². The highest BCUT2D eigenvalue weighted by molar-refractivity contribution is 9.10. The van der Waals surface area contributed by atoms with Crippen LogP contribution in [0.25, 0.3) is 0 Å². The Morgan fingerprint density at radius 2 is 2.11 bits per heavy atom. The minimum absolute atomic E-state index is 0.300. The van der Waals surface area contributed by atoms with Gasteiger partial charge >= 0.3 is 5.97 Å². The van der Waals surface area contributed by atoms with Crippen molar-refractivity contribution in [3.63, 3.8) is 0 Å². The Hall–Kier alpha value is -1.07. The molecule has 1 heterocycles. The second kappa shape index (κ2) is 5.13. The predicted octanol–water partition coefficient (Wildman–Crippen LogP) is 3.18. The van der Waals surface area contributed by atoms with Crippen LogP contribution in [0.4, 0.5) is 0 Å². The molecule has 19 heavy (non-hydrogen) atoms. The molecule has 102 valence electrons. The zero-order chi connectivity index (χ0) is 14.2. The smallest absolute Gasteiger partial charge is 0.329 e. The maximum Gasteiger partial charge on any atom is 0.329 e. The number of amides is 1. The summed E-state index contributed by atoms with van der Waals surface area (Å²) in [5.41, 5.74) is -0.736. The van der Waals surface area contributed by atoms with E-state index in [1.807, 2.05) is 0 Å². The van der Waals surface area contributed by atoms with E-state index in [0.29, 0.717) is 34.4 Å². The van der Waals surface area contributed by atoms with Crippen LogP contribution in [0.5, 0.6) is 0 Å². The first-order valence-corrected chi connectivity index (χ1v) is 7.03. The summed E-state index contributed by atoms with van der Waals surface area (Å²) in [7, 11) is 0. The van der Waals surface area contributed by atoms with Gasteiger partial charge in [0.25, 0.3) is 5.91 Å². The van der Waals surface area contributed by atoms with Gasteiger partial charge in [-0.3, -0.25) is 4.79 Å². The third kappa shape index (κ3) is 2.62. The first kappa shape index (κ1) is 14.3. The first-order chi connectivity index (χ1) is 8.84. The number of carboxylic acid groups (broad SMARTS) is 1. The molecule has 1 atom stereocenters. The van der Waals surface area contributed by atoms with Crippen LogP contribution >= 0.6 is 27.5 Å². The van der Waals surface area contributed by atoms with Crippen molar-refractivity contribution in [2.24, 2.45) is 0 Å². The number of carboxylic acids is 1. The highest BCUT2D eigenvalue weighted by atomic mass is 79.9. The highest BCUT2D eigenvalue weighted by Crippen LogP contribution is 2.31. The average Bonchev–Trinajstić information content (AvgIpc) is 2.70. The second-order valence-corrected chi connectivity index (χ2v) is 6.15. The molecule has 1 fully saturated rings. The molecule has 1 aliphatic rings. The SMILES string of the molecule is CC1(C(=O)O)CCCN1C(=O)c1cc(Cl)cc(Br)c1. The quantitative estimate of drug-likeness (QED) is 0.895. The van der Waals surface area contributed by atoms with Gasteiger partial charge in [-0.05, 0) is 38.0 Å². The standard InChI is InChI=1S/C13H13BrClNO3/c1-13(12(18)19)3-2-4-16(13)11(17)8-5-9(14)7-10(15)6-8/h5-7H,2-4H2,1H3,(H,18,19). The van der Waals surface area contributed by atoms with Gasteiger partial charge in [0.05, 0.1) is 0 Å². The number of halogens is 2. The van der Waals surface area contributed by atoms with Crippen LogP contribution in [0, 0.1) is 0 Å². The van der Waals surface area contributed by atoms with E-state index < -0.39 is 11.5 Å². The molecule has 0 saturated carbocycles. The van der Waals surface area contributed by atoms with E-state index in [9.17, 15) is 14.7 Å². The van der Waals surface area contributed by atoms with Gasteiger partial charge < -0.3 is 10.0 Å². The number of hydrogen-bond acceptors (Lipinski definition) is 2. The van der Waals surface area contributed by atoms with Gasteiger partial charge in [-0.25, -0.2) is 4.79 Å². The largest absolute Gasteiger partial charge is 0.480 e. The minimum Gasteiger partial charge on any atom is -0.480 e. The van der Waals surface area contributed by atoms with Gasteiger partial charge in [-0.2, -0.15) is 0 Å². The number of aliphatic carboxylic acids is 1. The fraction of sp³-hybridized carbons (Fsp3) is 0.385. The topological polar surface area (TPSA) is 57.6 Å². The summed E-state index contributed by atoms with van der Waals surface area (Å²) in [6, 6.07) is 4.88. The maximum atomic E-state index is 12.5. The molecule has 0 aromatic heterocycles. The first-order valence-electron chi connectivity index (χ1n) is 5.86. The summed E-state index contributed by atoms with van der Waals surface area (Å²) >= 11 is 9.19. The molecule has 0 aliphatic carbocycles. The molecule has 0 radical (unpaired) electrons. The van der Waals surface area contributed by atoms with Crippen molar-refractivity contribution in [1.82, 2.24) is 4.90 Å². The van der Waals surface area contributed by atoms with Crippen molar-refractivity contribution < 1.29 is 14.7 Å². The Morgan fingerprint density at radius 1 is 1.42 bits per heavy atom. The second-order valence-electron chi connectivity index (χ2n) is 4.80. The van der Waals surface area contributed by atoms with Gasteiger partial charge in [0, 0.05) is 21.6 Å². The molecular formula is C13H13BrClNO3. The Balaban J connectivity index is 2.36. The van der Waals surface area contributed by atoms with E-state index in [4.69, 9.17) is 11.6 Å². The van der Waals surface area contributed by atoms with Gasteiger partial charge in [0.1, 0.15) is 5.54 Å². The molecule has 1 amide bonds. The van der Waals surface area contributed by atoms with Crippen molar-refractivity contribution in [2.75, 3.05) is 6.54 Å². The lowest BCUT2D eigenvalue weighted by molar-refractivity contribution is -0.147. The molecule has 1 aliphatic heterocycles. The van der Waals surface area contributed by atoms with E-state index in [1.165, 1.54) is 4.90 Å². The molecule has 1 unspecified atom stereocenters. The molecule has 1 aromatic carbocycles. The summed E-state index contributed by atoms with van der Waals surface area (Å²) in [5.74, 6) is -1.27. The van der Waals surface area contributed by atoms with Crippen LogP contribution < -0.4 is 0 Å². The Bertz CT molecular complexity index is 528. The Kier molecular flexibility index (Phi) is 3.87. The molecule has 0 bridgehead atoms. The lowest BCUT2D eigenvalue weighted by atomic mass is 9.98. The summed E-state index contributed by atoms with van der Waals surface area (Å²) in [6.07, 6.45) is 1.16. The van der Waals surface area contributed by atoms with Crippen LogP contribution in [0.3, 0.4) is 0 Å². The number of rotatable bonds is 2. The van der Waals surface area contributed by atoms with E-state index in [1.54, 1.807) is 25.1 Å². The zero-order valence-electron chi connectivity index (χ0n) is 10.3. The number of likely N-dealkylation sites (tertiary alicyclic amines) is 1. The minimum atomic E-state index is -1.13. The van der Waals surface area contributed by atoms with Gasteiger partial charge in [-0.1, -0.05) is 27.5 Å². The van der Waals surface area contributed by atoms with E-state index in [2.05, 4.69) is 15.9 Å². The Labute approximate surface area is 124 Å². The molecule has 1 aromatic rings. The summed E-state index contributed by atoms with van der Waals surface area (Å²) in [4.78, 5) is 25.2. The summed E-state index contributed by atoms with van der Waals surface area (Å²) in [6.45, 7) is 2.03. The molecule has 1 N–H and O–H groups in total. The normalized spacial score (nSPS) is 22.6. The Morgan fingerprint density at radius 3 is 2.68 bits per heavy atom. The predicted molar refractivity (Wildman–Crippen MR) is 75.5 cm³/mol. The lowest BCUT2D eigenvalue weighted by Gasteiger charge is -2.31. The third-order valence-electron chi connectivity index (χ3n) is 3.46. The van der Waals surface area contributed by atoms with Crippen LogP contribution in [-0.2, 0) is 4.79 Å². The molecule has 1 saturated heterocycles. The van der Waals surface area contributed by atoms with Crippen LogP contribution in [-0.4, -0.2) is 34.0 Å². The third-order valence-corrected chi connectivity index (χ3v) is 4.13. The zero-order valence-corrected chi connectivity index (χ0v) is 12.7. The van der Waals surface area contributed by atoms with Gasteiger partial charge in [0.15, 0.2) is 0 Å². The highest BCUT2D eigenvalue weighted by Gasteiger charge is 2.46. The molecule has 0 spiro atoms. The maximum absolute atomic E-state index is 12.5. The van der Waals surface area contributed by atoms with E-state index >= 15 is 0 Å². The number of carbonyl (C=O) groups is 2. The van der Waals surface area contributed by atoms with Gasteiger partial charge in [-0.15, -0.1) is 0 Å². The van der Waals surface area contributed by atoms with Crippen molar-refractivity contribution >= 4 is 39.4 Å². The summed E-state index contributed by atoms with van der Waals surface area (Å²) in [5, 5.41) is 9.76. The fourth-order valence-electron chi connectivity index (χ4n) is 2.34. The number of hydrogen-bond donors (Lipinski definition) is 1. The van der Waals surface area contributed by atoms with Crippen molar-refractivity contribution in [3.05, 3.63) is 33.3 Å². The molecule has 4 nitrogen and oxygen atoms in total. The average molecular weight is 347 g/mol. The van der Waals surface area contributed by atoms with E-state index in [0.717, 1.165) is 0 Å². The lowest BCUT2D eigenvalue weighted by Crippen LogP contribution is -2.50. The van der Waals surface area contributed by atoms with Crippen LogP contribution in [0.2, 0.25) is 5.02 Å². The molecular weight excluding hydrogens is 334 g/mol.